The largest absolute Gasteiger partial charge is 0.366 e. The predicted octanol–water partition coefficient (Wildman–Crippen LogP) is 1.74. The van der Waals surface area contributed by atoms with Crippen LogP contribution in [0.5, 0.6) is 0 Å². The van der Waals surface area contributed by atoms with Crippen LogP contribution in [0.1, 0.15) is 25.6 Å². The molecule has 0 spiro atoms. The zero-order valence-corrected chi connectivity index (χ0v) is 9.10. The third-order valence-electron chi connectivity index (χ3n) is 1.84. The van der Waals surface area contributed by atoms with Crippen LogP contribution in [0.2, 0.25) is 0 Å². The molecule has 1 heterocycles. The molecule has 0 aromatic carbocycles. The Hall–Kier alpha value is -0.450. The summed E-state index contributed by atoms with van der Waals surface area (Å²) in [6.07, 6.45) is 2.00. The summed E-state index contributed by atoms with van der Waals surface area (Å²) in [6.45, 7) is 6.50. The van der Waals surface area contributed by atoms with Crippen LogP contribution in [-0.4, -0.2) is 17.6 Å². The molecule has 0 amide bonds. The molecule has 0 aliphatic rings. The molecule has 0 fully saturated rings. The third-order valence-corrected chi connectivity index (χ3v) is 2.86. The minimum Gasteiger partial charge on any atom is -0.366 e. The Bertz CT molecular complexity index is 248. The van der Waals surface area contributed by atoms with Crippen LogP contribution in [-0.2, 0) is 10.3 Å². The SMILES string of the molecule is CC(C)OC(C)(CN)c1cncs1. The van der Waals surface area contributed by atoms with Gasteiger partial charge in [0.1, 0.15) is 5.60 Å². The van der Waals surface area contributed by atoms with Gasteiger partial charge in [-0.05, 0) is 20.8 Å². The smallest absolute Gasteiger partial charge is 0.113 e. The van der Waals surface area contributed by atoms with E-state index >= 15 is 0 Å². The maximum absolute atomic E-state index is 5.78. The van der Waals surface area contributed by atoms with E-state index in [-0.39, 0.29) is 11.7 Å². The molecule has 0 saturated heterocycles. The molecule has 2 N–H and O–H groups in total. The molecule has 1 unspecified atom stereocenters. The molecule has 1 aromatic rings. The number of hydrogen-bond acceptors (Lipinski definition) is 4. The van der Waals surface area contributed by atoms with Crippen molar-refractivity contribution in [1.82, 2.24) is 4.98 Å². The lowest BCUT2D eigenvalue weighted by Crippen LogP contribution is -2.36. The first-order valence-electron chi connectivity index (χ1n) is 4.35. The fourth-order valence-corrected chi connectivity index (χ4v) is 1.94. The highest BCUT2D eigenvalue weighted by Crippen LogP contribution is 2.28. The fourth-order valence-electron chi connectivity index (χ4n) is 1.20. The minimum absolute atomic E-state index is 0.177. The van der Waals surface area contributed by atoms with Crippen molar-refractivity contribution in [2.24, 2.45) is 5.73 Å². The summed E-state index contributed by atoms with van der Waals surface area (Å²) in [7, 11) is 0. The van der Waals surface area contributed by atoms with Gasteiger partial charge in [-0.1, -0.05) is 0 Å². The number of nitrogens with two attached hydrogens (primary N) is 1. The van der Waals surface area contributed by atoms with E-state index in [0.29, 0.717) is 6.54 Å². The van der Waals surface area contributed by atoms with E-state index in [1.165, 1.54) is 0 Å². The number of ether oxygens (including phenoxy) is 1. The quantitative estimate of drug-likeness (QED) is 0.805. The van der Waals surface area contributed by atoms with Crippen molar-refractivity contribution in [3.63, 3.8) is 0 Å². The van der Waals surface area contributed by atoms with Gasteiger partial charge in [0.05, 0.1) is 16.5 Å². The predicted molar refractivity (Wildman–Crippen MR) is 54.7 cm³/mol. The number of nitrogens with zero attached hydrogens (tertiary/aromatic N) is 1. The molecule has 1 rings (SSSR count). The Labute approximate surface area is 82.9 Å². The van der Waals surface area contributed by atoms with Gasteiger partial charge in [-0.2, -0.15) is 0 Å². The van der Waals surface area contributed by atoms with Gasteiger partial charge in [0.25, 0.3) is 0 Å². The van der Waals surface area contributed by atoms with E-state index in [4.69, 9.17) is 10.5 Å². The average molecular weight is 200 g/mol. The molecule has 1 aromatic heterocycles. The molecule has 0 bridgehead atoms. The topological polar surface area (TPSA) is 48.1 Å². The maximum atomic E-state index is 5.78. The van der Waals surface area contributed by atoms with Crippen molar-refractivity contribution in [3.8, 4) is 0 Å². The van der Waals surface area contributed by atoms with Crippen LogP contribution in [0.3, 0.4) is 0 Å². The summed E-state index contributed by atoms with van der Waals surface area (Å²) in [4.78, 5) is 5.11. The van der Waals surface area contributed by atoms with Gasteiger partial charge in [-0.3, -0.25) is 4.98 Å². The van der Waals surface area contributed by atoms with Crippen molar-refractivity contribution in [3.05, 3.63) is 16.6 Å². The summed E-state index contributed by atoms with van der Waals surface area (Å²) in [5, 5.41) is 0. The van der Waals surface area contributed by atoms with E-state index in [1.54, 1.807) is 16.8 Å². The molecule has 13 heavy (non-hydrogen) atoms. The molecular weight excluding hydrogens is 184 g/mol. The van der Waals surface area contributed by atoms with Gasteiger partial charge in [-0.15, -0.1) is 11.3 Å². The van der Waals surface area contributed by atoms with Crippen molar-refractivity contribution in [2.45, 2.75) is 32.5 Å². The maximum Gasteiger partial charge on any atom is 0.113 e. The fraction of sp³-hybridized carbons (Fsp3) is 0.667. The average Bonchev–Trinajstić information content (AvgIpc) is 2.55. The lowest BCUT2D eigenvalue weighted by atomic mass is 10.1. The third kappa shape index (κ3) is 2.49. The van der Waals surface area contributed by atoms with Crippen molar-refractivity contribution < 1.29 is 4.74 Å². The molecule has 0 aliphatic carbocycles. The van der Waals surface area contributed by atoms with E-state index in [2.05, 4.69) is 4.98 Å². The Balaban J connectivity index is 2.81. The van der Waals surface area contributed by atoms with Crippen LogP contribution < -0.4 is 5.73 Å². The molecule has 0 aliphatic heterocycles. The van der Waals surface area contributed by atoms with Gasteiger partial charge in [0, 0.05) is 12.7 Å². The summed E-state index contributed by atoms with van der Waals surface area (Å²) in [5.41, 5.74) is 7.12. The van der Waals surface area contributed by atoms with Gasteiger partial charge in [-0.25, -0.2) is 0 Å². The van der Waals surface area contributed by atoms with Crippen molar-refractivity contribution >= 4 is 11.3 Å². The van der Waals surface area contributed by atoms with Crippen molar-refractivity contribution in [2.75, 3.05) is 6.54 Å². The normalized spacial score (nSPS) is 16.1. The number of aromatic nitrogens is 1. The van der Waals surface area contributed by atoms with Crippen LogP contribution in [0.25, 0.3) is 0 Å². The molecule has 0 radical (unpaired) electrons. The Morgan fingerprint density at radius 3 is 2.77 bits per heavy atom. The second-order valence-electron chi connectivity index (χ2n) is 3.47. The summed E-state index contributed by atoms with van der Waals surface area (Å²) in [6, 6.07) is 0. The van der Waals surface area contributed by atoms with Crippen molar-refractivity contribution in [1.29, 1.82) is 0 Å². The molecule has 3 nitrogen and oxygen atoms in total. The zero-order valence-electron chi connectivity index (χ0n) is 8.28. The monoisotopic (exact) mass is 200 g/mol. The van der Waals surface area contributed by atoms with Crippen LogP contribution >= 0.6 is 11.3 Å². The standard InChI is InChI=1S/C9H16N2OS/c1-7(2)12-9(3,5-10)8-4-11-6-13-8/h4,6-7H,5,10H2,1-3H3. The molecule has 4 heteroatoms. The van der Waals surface area contributed by atoms with Gasteiger partial charge < -0.3 is 10.5 Å². The molecular formula is C9H16N2OS. The summed E-state index contributed by atoms with van der Waals surface area (Å²) < 4.78 is 5.78. The van der Waals surface area contributed by atoms with Gasteiger partial charge >= 0.3 is 0 Å². The lowest BCUT2D eigenvalue weighted by Gasteiger charge is -2.29. The Morgan fingerprint density at radius 2 is 2.38 bits per heavy atom. The summed E-state index contributed by atoms with van der Waals surface area (Å²) >= 11 is 1.58. The lowest BCUT2D eigenvalue weighted by molar-refractivity contribution is -0.0642. The zero-order chi connectivity index (χ0) is 9.90. The Morgan fingerprint density at radius 1 is 1.69 bits per heavy atom. The van der Waals surface area contributed by atoms with E-state index in [9.17, 15) is 0 Å². The summed E-state index contributed by atoms with van der Waals surface area (Å²) in [5.74, 6) is 0. The highest BCUT2D eigenvalue weighted by Gasteiger charge is 2.28. The van der Waals surface area contributed by atoms with Crippen LogP contribution in [0, 0.1) is 0 Å². The van der Waals surface area contributed by atoms with Gasteiger partial charge in [0.2, 0.25) is 0 Å². The van der Waals surface area contributed by atoms with E-state index < -0.39 is 0 Å². The van der Waals surface area contributed by atoms with E-state index in [1.807, 2.05) is 27.0 Å². The minimum atomic E-state index is -0.380. The number of hydrogen-bond donors (Lipinski definition) is 1. The second kappa shape index (κ2) is 4.17. The number of rotatable bonds is 4. The van der Waals surface area contributed by atoms with E-state index in [0.717, 1.165) is 4.88 Å². The highest BCUT2D eigenvalue weighted by atomic mass is 32.1. The first-order chi connectivity index (χ1) is 6.08. The van der Waals surface area contributed by atoms with Crippen LogP contribution in [0.15, 0.2) is 11.7 Å². The highest BCUT2D eigenvalue weighted by molar-refractivity contribution is 7.09. The molecule has 1 atom stereocenters. The first kappa shape index (κ1) is 10.6. The second-order valence-corrected chi connectivity index (χ2v) is 4.35. The first-order valence-corrected chi connectivity index (χ1v) is 5.23. The molecule has 0 saturated carbocycles. The van der Waals surface area contributed by atoms with Crippen LogP contribution in [0.4, 0.5) is 0 Å². The molecule has 74 valence electrons. The Kier molecular flexibility index (Phi) is 3.41. The number of thiazole rings is 1. The van der Waals surface area contributed by atoms with Gasteiger partial charge in [0.15, 0.2) is 0 Å².